The molecule has 0 bridgehead atoms. The fraction of sp³-hybridized carbons (Fsp3) is 0.652. The van der Waals surface area contributed by atoms with Crippen LogP contribution in [0.2, 0.25) is 0 Å². The second-order valence-electron chi connectivity index (χ2n) is 10.2. The van der Waals surface area contributed by atoms with Crippen LogP contribution in [0.1, 0.15) is 75.2 Å². The Morgan fingerprint density at radius 1 is 0.880 bits per heavy atom. The Kier molecular flexibility index (Phi) is 5.18. The molecule has 2 aliphatic carbocycles. The van der Waals surface area contributed by atoms with Crippen LogP contribution in [0.15, 0.2) is 47.3 Å². The molecule has 0 aromatic rings. The zero-order valence-corrected chi connectivity index (χ0v) is 17.6. The normalized spacial score (nSPS) is 24.8. The van der Waals surface area contributed by atoms with E-state index in [-0.39, 0.29) is 16.4 Å². The molecule has 0 aliphatic heterocycles. The molecule has 2 heteroatoms. The average molecular weight is 345 g/mol. The number of allylic oxidation sites excluding steroid dienone is 5. The molecule has 0 saturated carbocycles. The van der Waals surface area contributed by atoms with Crippen molar-refractivity contribution >= 4 is 0 Å². The maximum Gasteiger partial charge on any atom is 0.238 e. The highest BCUT2D eigenvalue weighted by molar-refractivity contribution is 5.40. The van der Waals surface area contributed by atoms with E-state index in [1.54, 1.807) is 0 Å². The summed E-state index contributed by atoms with van der Waals surface area (Å²) in [4.78, 5) is 0. The van der Waals surface area contributed by atoms with Crippen molar-refractivity contribution in [2.45, 2.75) is 86.5 Å². The van der Waals surface area contributed by atoms with Crippen LogP contribution in [0.4, 0.5) is 0 Å². The molecule has 0 amide bonds. The lowest BCUT2D eigenvalue weighted by Gasteiger charge is -2.47. The summed E-state index contributed by atoms with van der Waals surface area (Å²) in [5.74, 6) is 0.151. The molecule has 1 atom stereocenters. The third-order valence-corrected chi connectivity index (χ3v) is 4.47. The molecule has 0 saturated heterocycles. The molecular formula is C23H36O2. The third kappa shape index (κ3) is 4.88. The Labute approximate surface area is 154 Å². The van der Waals surface area contributed by atoms with Crippen LogP contribution < -0.4 is 0 Å². The fourth-order valence-electron chi connectivity index (χ4n) is 3.40. The summed E-state index contributed by atoms with van der Waals surface area (Å²) in [5, 5.41) is 0. The first kappa shape index (κ1) is 20.0. The summed E-state index contributed by atoms with van der Waals surface area (Å²) < 4.78 is 13.2. The van der Waals surface area contributed by atoms with Crippen LogP contribution in [0.5, 0.6) is 0 Å². The van der Waals surface area contributed by atoms with Gasteiger partial charge in [-0.1, -0.05) is 59.8 Å². The van der Waals surface area contributed by atoms with E-state index in [1.165, 1.54) is 11.1 Å². The van der Waals surface area contributed by atoms with Gasteiger partial charge < -0.3 is 9.47 Å². The maximum atomic E-state index is 6.62. The molecule has 0 heterocycles. The maximum absolute atomic E-state index is 6.62. The van der Waals surface area contributed by atoms with Crippen LogP contribution in [-0.2, 0) is 9.47 Å². The third-order valence-electron chi connectivity index (χ3n) is 4.47. The molecule has 2 nitrogen and oxygen atoms in total. The van der Waals surface area contributed by atoms with E-state index in [1.807, 2.05) is 0 Å². The van der Waals surface area contributed by atoms with Crippen LogP contribution in [0.3, 0.4) is 0 Å². The Bertz CT molecular complexity index is 624. The van der Waals surface area contributed by atoms with Crippen molar-refractivity contribution in [3.8, 4) is 0 Å². The smallest absolute Gasteiger partial charge is 0.238 e. The first-order valence-electron chi connectivity index (χ1n) is 9.42. The van der Waals surface area contributed by atoms with Crippen LogP contribution in [-0.4, -0.2) is 11.4 Å². The van der Waals surface area contributed by atoms with Crippen molar-refractivity contribution in [1.29, 1.82) is 0 Å². The molecule has 0 aromatic heterocycles. The Hall–Kier alpha value is -1.28. The Morgan fingerprint density at radius 2 is 1.52 bits per heavy atom. The quantitative estimate of drug-likeness (QED) is 0.530. The molecule has 25 heavy (non-hydrogen) atoms. The minimum Gasteiger partial charge on any atom is -0.458 e. The monoisotopic (exact) mass is 344 g/mol. The van der Waals surface area contributed by atoms with E-state index in [0.29, 0.717) is 0 Å². The van der Waals surface area contributed by atoms with E-state index in [9.17, 15) is 0 Å². The number of ether oxygens (including phenoxy) is 2. The first-order valence-corrected chi connectivity index (χ1v) is 9.42. The van der Waals surface area contributed by atoms with Crippen molar-refractivity contribution in [3.05, 3.63) is 47.3 Å². The van der Waals surface area contributed by atoms with Crippen molar-refractivity contribution in [2.75, 3.05) is 0 Å². The Balaban J connectivity index is 2.54. The Morgan fingerprint density at radius 3 is 1.96 bits per heavy atom. The van der Waals surface area contributed by atoms with Crippen molar-refractivity contribution in [1.82, 2.24) is 0 Å². The van der Waals surface area contributed by atoms with E-state index in [0.717, 1.165) is 18.6 Å². The predicted molar refractivity (Wildman–Crippen MR) is 106 cm³/mol. The van der Waals surface area contributed by atoms with Crippen molar-refractivity contribution < 1.29 is 9.47 Å². The minimum absolute atomic E-state index is 0.0567. The van der Waals surface area contributed by atoms with Gasteiger partial charge in [0.1, 0.15) is 5.76 Å². The van der Waals surface area contributed by atoms with Crippen LogP contribution in [0.25, 0.3) is 0 Å². The summed E-state index contributed by atoms with van der Waals surface area (Å²) in [5.41, 5.74) is 2.31. The van der Waals surface area contributed by atoms with Crippen molar-refractivity contribution in [3.63, 3.8) is 0 Å². The van der Waals surface area contributed by atoms with Gasteiger partial charge in [-0.2, -0.15) is 0 Å². The highest BCUT2D eigenvalue weighted by atomic mass is 16.7. The molecule has 0 aromatic carbocycles. The minimum atomic E-state index is -0.758. The predicted octanol–water partition coefficient (Wildman–Crippen LogP) is 6.71. The zero-order valence-electron chi connectivity index (χ0n) is 17.6. The second kappa shape index (κ2) is 6.46. The van der Waals surface area contributed by atoms with Gasteiger partial charge in [-0.3, -0.25) is 0 Å². The van der Waals surface area contributed by atoms with E-state index >= 15 is 0 Å². The average Bonchev–Trinajstić information content (AvgIpc) is 2.86. The van der Waals surface area contributed by atoms with E-state index in [2.05, 4.69) is 92.7 Å². The second-order valence-corrected chi connectivity index (χ2v) is 10.2. The SMILES string of the molecule is CC(C)(C)OC1(OC2=CCC=C2)CC=C(C(C)(C)C)C=C1C(C)(C)C. The molecule has 0 N–H and O–H groups in total. The highest BCUT2D eigenvalue weighted by Crippen LogP contribution is 2.48. The van der Waals surface area contributed by atoms with Gasteiger partial charge in [-0.25, -0.2) is 0 Å². The number of hydrogen-bond acceptors (Lipinski definition) is 2. The van der Waals surface area contributed by atoms with Gasteiger partial charge in [0, 0.05) is 12.0 Å². The molecule has 1 unspecified atom stereocenters. The number of rotatable bonds is 3. The molecule has 0 radical (unpaired) electrons. The largest absolute Gasteiger partial charge is 0.458 e. The van der Waals surface area contributed by atoms with Crippen LogP contribution >= 0.6 is 0 Å². The molecule has 0 spiro atoms. The van der Waals surface area contributed by atoms with E-state index < -0.39 is 5.79 Å². The van der Waals surface area contributed by atoms with Gasteiger partial charge in [0.2, 0.25) is 5.79 Å². The van der Waals surface area contributed by atoms with Gasteiger partial charge in [0.05, 0.1) is 5.60 Å². The first-order chi connectivity index (χ1) is 11.2. The molecule has 0 fully saturated rings. The van der Waals surface area contributed by atoms with Gasteiger partial charge in [0.25, 0.3) is 0 Å². The van der Waals surface area contributed by atoms with Gasteiger partial charge >= 0.3 is 0 Å². The van der Waals surface area contributed by atoms with Gasteiger partial charge in [0.15, 0.2) is 0 Å². The summed E-state index contributed by atoms with van der Waals surface area (Å²) >= 11 is 0. The van der Waals surface area contributed by atoms with Gasteiger partial charge in [-0.15, -0.1) is 0 Å². The van der Waals surface area contributed by atoms with E-state index in [4.69, 9.17) is 9.47 Å². The number of hydrogen-bond donors (Lipinski definition) is 0. The topological polar surface area (TPSA) is 18.5 Å². The standard InChI is InChI=1S/C23H36O2/c1-20(2,3)17-14-15-23(25-22(7,8)9,19(16-17)21(4,5)6)24-18-12-10-11-13-18/h10,12-14,16H,11,15H2,1-9H3. The summed E-state index contributed by atoms with van der Waals surface area (Å²) in [7, 11) is 0. The molecule has 2 rings (SSSR count). The summed E-state index contributed by atoms with van der Waals surface area (Å²) in [6.45, 7) is 19.8. The highest BCUT2D eigenvalue weighted by Gasteiger charge is 2.47. The molecular weight excluding hydrogens is 308 g/mol. The molecule has 2 aliphatic rings. The summed E-state index contributed by atoms with van der Waals surface area (Å²) in [6, 6.07) is 0. The lowest BCUT2D eigenvalue weighted by Crippen LogP contribution is -2.48. The zero-order chi connectivity index (χ0) is 19.1. The lowest BCUT2D eigenvalue weighted by atomic mass is 9.72. The van der Waals surface area contributed by atoms with Crippen LogP contribution in [0, 0.1) is 10.8 Å². The molecule has 140 valence electrons. The fourth-order valence-corrected chi connectivity index (χ4v) is 3.40. The van der Waals surface area contributed by atoms with Crippen molar-refractivity contribution in [2.24, 2.45) is 10.8 Å². The van der Waals surface area contributed by atoms with Gasteiger partial charge in [-0.05, 0) is 55.7 Å². The lowest BCUT2D eigenvalue weighted by molar-refractivity contribution is -0.241. The summed E-state index contributed by atoms with van der Waals surface area (Å²) in [6.07, 6.45) is 12.6.